The molecule has 0 aliphatic heterocycles. The number of aliphatic hydroxyl groups excluding tert-OH is 1. The Morgan fingerprint density at radius 3 is 2.67 bits per heavy atom. The molecular weight excluding hydrogens is 302 g/mol. The molecule has 0 radical (unpaired) electrons. The summed E-state index contributed by atoms with van der Waals surface area (Å²) >= 11 is 0. The first-order chi connectivity index (χ1) is 11.6. The van der Waals surface area contributed by atoms with Crippen LogP contribution in [0.3, 0.4) is 0 Å². The molecule has 2 rings (SSSR count). The van der Waals surface area contributed by atoms with E-state index in [9.17, 15) is 5.11 Å². The van der Waals surface area contributed by atoms with Crippen molar-refractivity contribution in [2.75, 3.05) is 27.3 Å². The van der Waals surface area contributed by atoms with E-state index in [1.807, 2.05) is 37.3 Å². The minimum absolute atomic E-state index is 0.274. The van der Waals surface area contributed by atoms with Crippen LogP contribution < -0.4 is 9.47 Å². The first kappa shape index (κ1) is 18.8. The molecule has 1 unspecified atom stereocenters. The van der Waals surface area contributed by atoms with Crippen molar-refractivity contribution in [3.05, 3.63) is 29.8 Å². The summed E-state index contributed by atoms with van der Waals surface area (Å²) in [4.78, 5) is 2.28. The highest BCUT2D eigenvalue weighted by atomic mass is 16.5. The van der Waals surface area contributed by atoms with E-state index in [2.05, 4.69) is 11.9 Å². The van der Waals surface area contributed by atoms with Gasteiger partial charge in [-0.3, -0.25) is 0 Å². The van der Waals surface area contributed by atoms with E-state index >= 15 is 0 Å². The standard InChI is InChI=1S/C20H31NO3/c1-4-8-16-11-12-19(20(13-16)23-3)24-15-18(22)14-21(2)17-9-6-5-7-10-17/h4,8,11-13,17-18,22H,5-7,9-10,14-15H2,1-3H3. The molecular formula is C20H31NO3. The zero-order valence-corrected chi connectivity index (χ0v) is 15.2. The average molecular weight is 333 g/mol. The van der Waals surface area contributed by atoms with Crippen LogP contribution in [0.2, 0.25) is 0 Å². The Hall–Kier alpha value is -1.52. The summed E-state index contributed by atoms with van der Waals surface area (Å²) in [6.07, 6.45) is 9.93. The highest BCUT2D eigenvalue weighted by Gasteiger charge is 2.20. The van der Waals surface area contributed by atoms with Gasteiger partial charge in [0.1, 0.15) is 12.7 Å². The van der Waals surface area contributed by atoms with Gasteiger partial charge in [0.2, 0.25) is 0 Å². The quantitative estimate of drug-likeness (QED) is 0.787. The van der Waals surface area contributed by atoms with E-state index in [-0.39, 0.29) is 6.61 Å². The SMILES string of the molecule is CC=Cc1ccc(OCC(O)CN(C)C2CCCCC2)c(OC)c1. The predicted octanol–water partition coefficient (Wildman–Crippen LogP) is 3.73. The Morgan fingerprint density at radius 2 is 2.00 bits per heavy atom. The van der Waals surface area contributed by atoms with Gasteiger partial charge in [-0.05, 0) is 44.5 Å². The number of nitrogens with zero attached hydrogens (tertiary/aromatic N) is 1. The number of hydrogen-bond donors (Lipinski definition) is 1. The molecule has 4 heteroatoms. The molecule has 1 aromatic carbocycles. The van der Waals surface area contributed by atoms with Gasteiger partial charge < -0.3 is 19.5 Å². The van der Waals surface area contributed by atoms with Gasteiger partial charge in [0.15, 0.2) is 11.5 Å². The number of allylic oxidation sites excluding steroid dienone is 1. The lowest BCUT2D eigenvalue weighted by Crippen LogP contribution is -2.40. The third-order valence-electron chi connectivity index (χ3n) is 4.67. The maximum absolute atomic E-state index is 10.3. The lowest BCUT2D eigenvalue weighted by atomic mass is 9.94. The normalized spacial score (nSPS) is 17.4. The summed E-state index contributed by atoms with van der Waals surface area (Å²) in [5.41, 5.74) is 1.07. The highest BCUT2D eigenvalue weighted by molar-refractivity contribution is 5.55. The summed E-state index contributed by atoms with van der Waals surface area (Å²) in [5, 5.41) is 10.3. The molecule has 0 amide bonds. The van der Waals surface area contributed by atoms with Crippen molar-refractivity contribution < 1.29 is 14.6 Å². The number of aliphatic hydroxyl groups is 1. The van der Waals surface area contributed by atoms with Crippen LogP contribution in [0.15, 0.2) is 24.3 Å². The van der Waals surface area contributed by atoms with Gasteiger partial charge in [-0.15, -0.1) is 0 Å². The van der Waals surface area contributed by atoms with E-state index in [1.165, 1.54) is 32.1 Å². The molecule has 1 fully saturated rings. The third-order valence-corrected chi connectivity index (χ3v) is 4.67. The molecule has 1 aliphatic carbocycles. The van der Waals surface area contributed by atoms with Crippen LogP contribution in [-0.2, 0) is 0 Å². The molecule has 1 aliphatic rings. The highest BCUT2D eigenvalue weighted by Crippen LogP contribution is 2.29. The monoisotopic (exact) mass is 333 g/mol. The number of methoxy groups -OCH3 is 1. The van der Waals surface area contributed by atoms with Gasteiger partial charge in [0.25, 0.3) is 0 Å². The molecule has 0 heterocycles. The Balaban J connectivity index is 1.85. The second-order valence-electron chi connectivity index (χ2n) is 6.61. The van der Waals surface area contributed by atoms with E-state index in [0.29, 0.717) is 24.1 Å². The minimum atomic E-state index is -0.503. The van der Waals surface area contributed by atoms with Gasteiger partial charge in [-0.1, -0.05) is 37.5 Å². The fourth-order valence-corrected chi connectivity index (χ4v) is 3.34. The maximum Gasteiger partial charge on any atom is 0.161 e. The number of benzene rings is 1. The smallest absolute Gasteiger partial charge is 0.161 e. The minimum Gasteiger partial charge on any atom is -0.493 e. The first-order valence-corrected chi connectivity index (χ1v) is 8.96. The topological polar surface area (TPSA) is 41.9 Å². The van der Waals surface area contributed by atoms with E-state index in [1.54, 1.807) is 7.11 Å². The largest absolute Gasteiger partial charge is 0.493 e. The number of rotatable bonds is 8. The van der Waals surface area contributed by atoms with Gasteiger partial charge in [-0.2, -0.15) is 0 Å². The summed E-state index contributed by atoms with van der Waals surface area (Å²) in [5.74, 6) is 1.36. The average Bonchev–Trinajstić information content (AvgIpc) is 2.61. The molecule has 1 saturated carbocycles. The summed E-state index contributed by atoms with van der Waals surface area (Å²) in [7, 11) is 3.74. The van der Waals surface area contributed by atoms with Crippen molar-refractivity contribution in [3.63, 3.8) is 0 Å². The Kier molecular flexibility index (Phi) is 7.60. The lowest BCUT2D eigenvalue weighted by molar-refractivity contribution is 0.0553. The van der Waals surface area contributed by atoms with Crippen molar-refractivity contribution in [2.45, 2.75) is 51.2 Å². The maximum atomic E-state index is 10.3. The Bertz CT molecular complexity index is 524. The van der Waals surface area contributed by atoms with Crippen molar-refractivity contribution in [1.29, 1.82) is 0 Å². The van der Waals surface area contributed by atoms with Gasteiger partial charge in [-0.25, -0.2) is 0 Å². The van der Waals surface area contributed by atoms with Gasteiger partial charge in [0.05, 0.1) is 7.11 Å². The number of hydrogen-bond acceptors (Lipinski definition) is 4. The molecule has 24 heavy (non-hydrogen) atoms. The molecule has 134 valence electrons. The van der Waals surface area contributed by atoms with E-state index in [4.69, 9.17) is 9.47 Å². The van der Waals surface area contributed by atoms with E-state index < -0.39 is 6.10 Å². The Morgan fingerprint density at radius 1 is 1.25 bits per heavy atom. The zero-order valence-electron chi connectivity index (χ0n) is 15.2. The first-order valence-electron chi connectivity index (χ1n) is 8.96. The van der Waals surface area contributed by atoms with Crippen LogP contribution >= 0.6 is 0 Å². The van der Waals surface area contributed by atoms with Crippen molar-refractivity contribution in [1.82, 2.24) is 4.90 Å². The summed E-state index contributed by atoms with van der Waals surface area (Å²) in [6, 6.07) is 6.42. The fraction of sp³-hybridized carbons (Fsp3) is 0.600. The predicted molar refractivity (Wildman–Crippen MR) is 98.7 cm³/mol. The second-order valence-corrected chi connectivity index (χ2v) is 6.61. The van der Waals surface area contributed by atoms with Crippen LogP contribution in [-0.4, -0.2) is 49.5 Å². The molecule has 1 N–H and O–H groups in total. The summed E-state index contributed by atoms with van der Waals surface area (Å²) < 4.78 is 11.2. The molecule has 0 saturated heterocycles. The van der Waals surface area contributed by atoms with Crippen molar-refractivity contribution in [3.8, 4) is 11.5 Å². The summed E-state index contributed by atoms with van der Waals surface area (Å²) in [6.45, 7) is 2.90. The molecule has 1 atom stereocenters. The van der Waals surface area contributed by atoms with Crippen molar-refractivity contribution in [2.24, 2.45) is 0 Å². The fourth-order valence-electron chi connectivity index (χ4n) is 3.34. The van der Waals surface area contributed by atoms with Crippen LogP contribution in [0.5, 0.6) is 11.5 Å². The molecule has 1 aromatic rings. The number of likely N-dealkylation sites (N-methyl/N-ethyl adjacent to an activating group) is 1. The van der Waals surface area contributed by atoms with E-state index in [0.717, 1.165) is 5.56 Å². The van der Waals surface area contributed by atoms with Gasteiger partial charge >= 0.3 is 0 Å². The molecule has 0 spiro atoms. The van der Waals surface area contributed by atoms with Crippen LogP contribution in [0.4, 0.5) is 0 Å². The molecule has 0 bridgehead atoms. The molecule has 4 nitrogen and oxygen atoms in total. The Labute approximate surface area is 146 Å². The zero-order chi connectivity index (χ0) is 17.4. The van der Waals surface area contributed by atoms with Crippen LogP contribution in [0, 0.1) is 0 Å². The van der Waals surface area contributed by atoms with Gasteiger partial charge in [0, 0.05) is 12.6 Å². The number of ether oxygens (including phenoxy) is 2. The molecule has 0 aromatic heterocycles. The third kappa shape index (κ3) is 5.53. The van der Waals surface area contributed by atoms with Crippen LogP contribution in [0.1, 0.15) is 44.6 Å². The van der Waals surface area contributed by atoms with Crippen LogP contribution in [0.25, 0.3) is 6.08 Å². The van der Waals surface area contributed by atoms with Crippen molar-refractivity contribution >= 4 is 6.08 Å². The second kappa shape index (κ2) is 9.70. The lowest BCUT2D eigenvalue weighted by Gasteiger charge is -2.32.